The molecule has 4 rings (SSSR count). The minimum atomic E-state index is -5.08. The smallest absolute Gasteiger partial charge is 0.475 e. The molecule has 0 atom stereocenters. The zero-order chi connectivity index (χ0) is 23.2. The molecule has 1 spiro atoms. The van der Waals surface area contributed by atoms with E-state index in [9.17, 15) is 18.0 Å². The molecule has 3 saturated heterocycles. The third-order valence-corrected chi connectivity index (χ3v) is 6.74. The molecular weight excluding hydrogens is 425 g/mol. The SMILES string of the molecule is O=C(N1CCCC1)N1CCC2(CCN(Cc3ccccn3)CC2)CC1.O=C(O)C(F)(F)F. The normalized spacial score (nSPS) is 21.2. The minimum absolute atomic E-state index is 0.292. The summed E-state index contributed by atoms with van der Waals surface area (Å²) in [5, 5.41) is 7.12. The Hall–Kier alpha value is -2.36. The fourth-order valence-electron chi connectivity index (χ4n) is 4.69. The van der Waals surface area contributed by atoms with E-state index in [4.69, 9.17) is 9.90 Å². The van der Waals surface area contributed by atoms with Gasteiger partial charge in [0.05, 0.1) is 5.69 Å². The summed E-state index contributed by atoms with van der Waals surface area (Å²) in [5.41, 5.74) is 1.65. The van der Waals surface area contributed by atoms with Gasteiger partial charge in [0.25, 0.3) is 0 Å². The Morgan fingerprint density at radius 3 is 1.97 bits per heavy atom. The molecule has 0 bridgehead atoms. The molecule has 178 valence electrons. The Labute approximate surface area is 186 Å². The van der Waals surface area contributed by atoms with Gasteiger partial charge in [-0.1, -0.05) is 6.07 Å². The van der Waals surface area contributed by atoms with Crippen molar-refractivity contribution in [2.24, 2.45) is 5.41 Å². The summed E-state index contributed by atoms with van der Waals surface area (Å²) in [6.07, 6.45) is 4.06. The van der Waals surface area contributed by atoms with E-state index in [0.29, 0.717) is 11.4 Å². The molecule has 0 aromatic carbocycles. The van der Waals surface area contributed by atoms with Crippen molar-refractivity contribution in [2.45, 2.75) is 51.2 Å². The molecule has 3 aliphatic heterocycles. The molecule has 7 nitrogen and oxygen atoms in total. The van der Waals surface area contributed by atoms with Crippen molar-refractivity contribution in [3.8, 4) is 0 Å². The summed E-state index contributed by atoms with van der Waals surface area (Å²) >= 11 is 0. The van der Waals surface area contributed by atoms with Gasteiger partial charge in [0.15, 0.2) is 0 Å². The number of carbonyl (C=O) groups excluding carboxylic acids is 1. The van der Waals surface area contributed by atoms with Gasteiger partial charge in [0.2, 0.25) is 0 Å². The Bertz CT molecular complexity index is 751. The molecule has 10 heteroatoms. The Kier molecular flexibility index (Phi) is 7.97. The maximum absolute atomic E-state index is 12.6. The molecule has 32 heavy (non-hydrogen) atoms. The number of carbonyl (C=O) groups is 2. The lowest BCUT2D eigenvalue weighted by Crippen LogP contribution is -2.50. The Balaban J connectivity index is 0.000000360. The van der Waals surface area contributed by atoms with Crippen LogP contribution >= 0.6 is 0 Å². The number of urea groups is 1. The van der Waals surface area contributed by atoms with Crippen LogP contribution in [0.25, 0.3) is 0 Å². The van der Waals surface area contributed by atoms with Crippen molar-refractivity contribution in [1.29, 1.82) is 0 Å². The van der Waals surface area contributed by atoms with E-state index < -0.39 is 12.1 Å². The van der Waals surface area contributed by atoms with Crippen LogP contribution in [-0.2, 0) is 11.3 Å². The van der Waals surface area contributed by atoms with E-state index in [0.717, 1.165) is 45.8 Å². The number of aliphatic carboxylic acids is 1. The molecule has 0 unspecified atom stereocenters. The molecule has 3 aliphatic rings. The van der Waals surface area contributed by atoms with Gasteiger partial charge < -0.3 is 14.9 Å². The van der Waals surface area contributed by atoms with Crippen LogP contribution in [0.4, 0.5) is 18.0 Å². The lowest BCUT2D eigenvalue weighted by molar-refractivity contribution is -0.192. The predicted molar refractivity (Wildman–Crippen MR) is 112 cm³/mol. The van der Waals surface area contributed by atoms with Crippen LogP contribution in [0, 0.1) is 5.41 Å². The van der Waals surface area contributed by atoms with Gasteiger partial charge >= 0.3 is 18.2 Å². The fourth-order valence-corrected chi connectivity index (χ4v) is 4.69. The molecule has 2 amide bonds. The number of alkyl halides is 3. The summed E-state index contributed by atoms with van der Waals surface area (Å²) in [5.74, 6) is -2.76. The van der Waals surface area contributed by atoms with Gasteiger partial charge in [-0.2, -0.15) is 13.2 Å². The summed E-state index contributed by atoms with van der Waals surface area (Å²) in [4.78, 5) is 32.6. The average molecular weight is 457 g/mol. The second-order valence-electron chi connectivity index (χ2n) is 8.86. The topological polar surface area (TPSA) is 77.0 Å². The monoisotopic (exact) mass is 456 g/mol. The first-order chi connectivity index (χ1) is 15.2. The van der Waals surface area contributed by atoms with Gasteiger partial charge in [-0.05, 0) is 69.2 Å². The fraction of sp³-hybridized carbons (Fsp3) is 0.682. The van der Waals surface area contributed by atoms with Gasteiger partial charge in [0, 0.05) is 38.9 Å². The van der Waals surface area contributed by atoms with Crippen LogP contribution < -0.4 is 0 Å². The summed E-state index contributed by atoms with van der Waals surface area (Å²) in [7, 11) is 0. The largest absolute Gasteiger partial charge is 0.490 e. The summed E-state index contributed by atoms with van der Waals surface area (Å²) < 4.78 is 31.7. The minimum Gasteiger partial charge on any atom is -0.475 e. The number of nitrogens with zero attached hydrogens (tertiary/aromatic N) is 4. The summed E-state index contributed by atoms with van der Waals surface area (Å²) in [6, 6.07) is 6.46. The Morgan fingerprint density at radius 2 is 1.47 bits per heavy atom. The zero-order valence-electron chi connectivity index (χ0n) is 18.2. The highest BCUT2D eigenvalue weighted by Crippen LogP contribution is 2.41. The second kappa shape index (κ2) is 10.5. The Morgan fingerprint density at radius 1 is 0.938 bits per heavy atom. The molecule has 1 aromatic heterocycles. The van der Waals surface area contributed by atoms with Gasteiger partial charge in [0.1, 0.15) is 0 Å². The lowest BCUT2D eigenvalue weighted by atomic mass is 9.71. The second-order valence-corrected chi connectivity index (χ2v) is 8.86. The molecule has 0 saturated carbocycles. The van der Waals surface area contributed by atoms with E-state index in [1.165, 1.54) is 44.2 Å². The molecule has 1 N–H and O–H groups in total. The lowest BCUT2D eigenvalue weighted by Gasteiger charge is -2.47. The molecule has 4 heterocycles. The number of hydrogen-bond acceptors (Lipinski definition) is 4. The third-order valence-electron chi connectivity index (χ3n) is 6.74. The van der Waals surface area contributed by atoms with E-state index >= 15 is 0 Å². The van der Waals surface area contributed by atoms with Crippen molar-refractivity contribution < 1.29 is 27.9 Å². The van der Waals surface area contributed by atoms with Crippen molar-refractivity contribution in [3.63, 3.8) is 0 Å². The quantitative estimate of drug-likeness (QED) is 0.736. The average Bonchev–Trinajstić information content (AvgIpc) is 3.31. The van der Waals surface area contributed by atoms with Crippen LogP contribution in [0.1, 0.15) is 44.2 Å². The zero-order valence-corrected chi connectivity index (χ0v) is 18.2. The number of carboxylic acid groups (broad SMARTS) is 1. The van der Waals surface area contributed by atoms with Crippen LogP contribution in [-0.4, -0.2) is 82.2 Å². The van der Waals surface area contributed by atoms with Crippen LogP contribution in [0.5, 0.6) is 0 Å². The number of rotatable bonds is 2. The van der Waals surface area contributed by atoms with Crippen molar-refractivity contribution in [1.82, 2.24) is 19.7 Å². The maximum Gasteiger partial charge on any atom is 0.490 e. The highest BCUT2D eigenvalue weighted by molar-refractivity contribution is 5.74. The summed E-state index contributed by atoms with van der Waals surface area (Å²) in [6.45, 7) is 7.13. The van der Waals surface area contributed by atoms with Crippen LogP contribution in [0.15, 0.2) is 24.4 Å². The van der Waals surface area contributed by atoms with Crippen LogP contribution in [0.2, 0.25) is 0 Å². The van der Waals surface area contributed by atoms with E-state index in [1.54, 1.807) is 0 Å². The van der Waals surface area contributed by atoms with Crippen molar-refractivity contribution >= 4 is 12.0 Å². The molecule has 0 radical (unpaired) electrons. The number of hydrogen-bond donors (Lipinski definition) is 1. The van der Waals surface area contributed by atoms with E-state index in [1.807, 2.05) is 17.2 Å². The van der Waals surface area contributed by atoms with Crippen molar-refractivity contribution in [3.05, 3.63) is 30.1 Å². The highest BCUT2D eigenvalue weighted by Gasteiger charge is 2.39. The molecule has 0 aliphatic carbocycles. The number of likely N-dealkylation sites (tertiary alicyclic amines) is 3. The van der Waals surface area contributed by atoms with Gasteiger partial charge in [-0.25, -0.2) is 9.59 Å². The number of carboxylic acids is 1. The first-order valence-electron chi connectivity index (χ1n) is 11.1. The predicted octanol–water partition coefficient (Wildman–Crippen LogP) is 3.61. The number of halogens is 3. The number of piperidine rings is 2. The molecule has 1 aromatic rings. The van der Waals surface area contributed by atoms with Gasteiger partial charge in [-0.3, -0.25) is 9.88 Å². The number of pyridine rings is 1. The standard InChI is InChI=1S/C20H30N4O.C2HF3O2/c25-19(23-11-3-4-12-23)24-15-8-20(9-16-24)6-13-22(14-7-20)17-18-5-1-2-10-21-18;3-2(4,5)1(6)7/h1-2,5,10H,3-4,6-9,11-17H2;(H,6,7). The first-order valence-corrected chi connectivity index (χ1v) is 11.1. The van der Waals surface area contributed by atoms with Gasteiger partial charge in [-0.15, -0.1) is 0 Å². The first kappa shape index (κ1) is 24.3. The van der Waals surface area contributed by atoms with E-state index in [-0.39, 0.29) is 0 Å². The highest BCUT2D eigenvalue weighted by atomic mass is 19.4. The number of aromatic nitrogens is 1. The van der Waals surface area contributed by atoms with Crippen molar-refractivity contribution in [2.75, 3.05) is 39.3 Å². The number of amides is 2. The molecular formula is C22H31F3N4O3. The molecule has 3 fully saturated rings. The van der Waals surface area contributed by atoms with E-state index in [2.05, 4.69) is 26.9 Å². The third kappa shape index (κ3) is 6.57. The van der Waals surface area contributed by atoms with Crippen LogP contribution in [0.3, 0.4) is 0 Å². The maximum atomic E-state index is 12.6.